The number of benzene rings is 2. The molecule has 7 heteroatoms. The predicted molar refractivity (Wildman–Crippen MR) is 97.3 cm³/mol. The van der Waals surface area contributed by atoms with Gasteiger partial charge in [-0.3, -0.25) is 4.79 Å². The molecule has 0 N–H and O–H groups in total. The van der Waals surface area contributed by atoms with Crippen molar-refractivity contribution >= 4 is 27.1 Å². The Morgan fingerprint density at radius 2 is 1.88 bits per heavy atom. The largest absolute Gasteiger partial charge is 0.319 e. The van der Waals surface area contributed by atoms with Crippen LogP contribution in [0.25, 0.3) is 0 Å². The number of aromatic nitrogens is 1. The van der Waals surface area contributed by atoms with Crippen molar-refractivity contribution in [1.82, 2.24) is 4.57 Å². The zero-order valence-electron chi connectivity index (χ0n) is 13.5. The van der Waals surface area contributed by atoms with Crippen LogP contribution in [0.5, 0.6) is 0 Å². The van der Waals surface area contributed by atoms with Crippen molar-refractivity contribution in [2.75, 3.05) is 6.26 Å². The number of hydrogen-bond acceptors (Lipinski definition) is 4. The minimum absolute atomic E-state index is 0.108. The van der Waals surface area contributed by atoms with Crippen LogP contribution in [0, 0.1) is 0 Å². The van der Waals surface area contributed by atoms with Gasteiger partial charge in [0.05, 0.1) is 4.90 Å². The summed E-state index contributed by atoms with van der Waals surface area (Å²) in [5.74, 6) is -0.463. The average Bonchev–Trinajstić information content (AvgIpc) is 3.02. The fourth-order valence-electron chi connectivity index (χ4n) is 2.30. The van der Waals surface area contributed by atoms with Gasteiger partial charge in [0.1, 0.15) is 0 Å². The van der Waals surface area contributed by atoms with Gasteiger partial charge in [-0.05, 0) is 23.8 Å². The molecule has 2 aromatic carbocycles. The third-order valence-corrected chi connectivity index (χ3v) is 5.47. The van der Waals surface area contributed by atoms with Gasteiger partial charge >= 0.3 is 0 Å². The molecule has 3 aromatic rings. The van der Waals surface area contributed by atoms with Gasteiger partial charge in [-0.25, -0.2) is 8.42 Å². The zero-order valence-corrected chi connectivity index (χ0v) is 15.1. The Hall–Kier alpha value is -2.51. The maximum atomic E-state index is 12.4. The summed E-state index contributed by atoms with van der Waals surface area (Å²) in [6.45, 7) is 0.611. The van der Waals surface area contributed by atoms with E-state index >= 15 is 0 Å². The zero-order chi connectivity index (χ0) is 17.9. The van der Waals surface area contributed by atoms with Gasteiger partial charge in [-0.1, -0.05) is 36.4 Å². The van der Waals surface area contributed by atoms with Crippen LogP contribution in [0.1, 0.15) is 15.9 Å². The molecule has 0 aliphatic heterocycles. The van der Waals surface area contributed by atoms with Crippen LogP contribution >= 0.6 is 11.3 Å². The van der Waals surface area contributed by atoms with E-state index in [2.05, 4.69) is 4.99 Å². The SMILES string of the molecule is CS(=O)(=O)c1cccc(C(=O)N=c2sccn2Cc2ccccc2)c1. The van der Waals surface area contributed by atoms with Gasteiger partial charge in [-0.2, -0.15) is 4.99 Å². The highest BCUT2D eigenvalue weighted by Crippen LogP contribution is 2.12. The van der Waals surface area contributed by atoms with E-state index in [-0.39, 0.29) is 10.5 Å². The lowest BCUT2D eigenvalue weighted by Crippen LogP contribution is -2.17. The van der Waals surface area contributed by atoms with E-state index in [0.29, 0.717) is 11.3 Å². The average molecular weight is 372 g/mol. The minimum atomic E-state index is -3.37. The van der Waals surface area contributed by atoms with Crippen LogP contribution in [0.4, 0.5) is 0 Å². The van der Waals surface area contributed by atoms with E-state index < -0.39 is 15.7 Å². The van der Waals surface area contributed by atoms with Gasteiger partial charge in [0, 0.05) is 29.9 Å². The van der Waals surface area contributed by atoms with Crippen molar-refractivity contribution in [2.45, 2.75) is 11.4 Å². The third kappa shape index (κ3) is 4.32. The molecule has 3 rings (SSSR count). The first-order chi connectivity index (χ1) is 11.9. The molecular formula is C18H16N2O3S2. The molecule has 1 heterocycles. The molecule has 1 amide bonds. The molecule has 0 unspecified atom stereocenters. The summed E-state index contributed by atoms with van der Waals surface area (Å²) in [5.41, 5.74) is 1.36. The van der Waals surface area contributed by atoms with E-state index in [4.69, 9.17) is 0 Å². The molecule has 0 aliphatic rings. The van der Waals surface area contributed by atoms with Gasteiger partial charge < -0.3 is 4.57 Å². The molecule has 128 valence electrons. The number of thiazole rings is 1. The number of sulfone groups is 1. The molecule has 5 nitrogen and oxygen atoms in total. The lowest BCUT2D eigenvalue weighted by Gasteiger charge is -2.03. The Morgan fingerprint density at radius 3 is 2.60 bits per heavy atom. The van der Waals surface area contributed by atoms with Crippen LogP contribution < -0.4 is 4.80 Å². The van der Waals surface area contributed by atoms with E-state index in [9.17, 15) is 13.2 Å². The summed E-state index contributed by atoms with van der Waals surface area (Å²) in [6, 6.07) is 15.8. The number of amides is 1. The molecule has 0 radical (unpaired) electrons. The number of carbonyl (C=O) groups is 1. The van der Waals surface area contributed by atoms with E-state index in [0.717, 1.165) is 11.8 Å². The number of nitrogens with zero attached hydrogens (tertiary/aromatic N) is 2. The molecule has 0 aliphatic carbocycles. The molecule has 25 heavy (non-hydrogen) atoms. The van der Waals surface area contributed by atoms with Gasteiger partial charge in [0.15, 0.2) is 14.6 Å². The van der Waals surface area contributed by atoms with E-state index in [1.54, 1.807) is 12.1 Å². The Labute approximate surface area is 149 Å². The first kappa shape index (κ1) is 17.3. The second-order valence-electron chi connectivity index (χ2n) is 5.52. The van der Waals surface area contributed by atoms with Crippen molar-refractivity contribution in [3.05, 3.63) is 82.1 Å². The molecule has 0 atom stereocenters. The van der Waals surface area contributed by atoms with Crippen molar-refractivity contribution < 1.29 is 13.2 Å². The summed E-state index contributed by atoms with van der Waals surface area (Å²) in [4.78, 5) is 17.3. The second-order valence-corrected chi connectivity index (χ2v) is 8.40. The van der Waals surface area contributed by atoms with E-state index in [1.165, 1.54) is 23.5 Å². The first-order valence-electron chi connectivity index (χ1n) is 7.50. The Balaban J connectivity index is 1.92. The monoisotopic (exact) mass is 372 g/mol. The Kier molecular flexibility index (Phi) is 4.96. The normalized spacial score (nSPS) is 12.3. The lowest BCUT2D eigenvalue weighted by atomic mass is 10.2. The van der Waals surface area contributed by atoms with Crippen LogP contribution in [0.3, 0.4) is 0 Å². The highest BCUT2D eigenvalue weighted by molar-refractivity contribution is 7.90. The Morgan fingerprint density at radius 1 is 1.12 bits per heavy atom. The maximum absolute atomic E-state index is 12.4. The second kappa shape index (κ2) is 7.16. The molecule has 0 fully saturated rings. The maximum Gasteiger partial charge on any atom is 0.279 e. The van der Waals surface area contributed by atoms with Crippen LogP contribution in [-0.2, 0) is 16.4 Å². The minimum Gasteiger partial charge on any atom is -0.319 e. The lowest BCUT2D eigenvalue weighted by molar-refractivity contribution is 0.0997. The predicted octanol–water partition coefficient (Wildman–Crippen LogP) is 2.74. The van der Waals surface area contributed by atoms with Crippen molar-refractivity contribution in [1.29, 1.82) is 0 Å². The highest BCUT2D eigenvalue weighted by atomic mass is 32.2. The number of rotatable bonds is 4. The molecule has 0 saturated heterocycles. The number of hydrogen-bond donors (Lipinski definition) is 0. The van der Waals surface area contributed by atoms with Crippen LogP contribution in [-0.4, -0.2) is 25.1 Å². The summed E-state index contributed by atoms with van der Waals surface area (Å²) in [5, 5.41) is 1.86. The summed E-state index contributed by atoms with van der Waals surface area (Å²) in [7, 11) is -3.37. The number of carbonyl (C=O) groups excluding carboxylic acids is 1. The fourth-order valence-corrected chi connectivity index (χ4v) is 3.69. The van der Waals surface area contributed by atoms with Crippen molar-refractivity contribution in [2.24, 2.45) is 4.99 Å². The molecular weight excluding hydrogens is 356 g/mol. The first-order valence-corrected chi connectivity index (χ1v) is 10.3. The van der Waals surface area contributed by atoms with Gasteiger partial charge in [-0.15, -0.1) is 11.3 Å². The summed E-state index contributed by atoms with van der Waals surface area (Å²) >= 11 is 1.36. The molecule has 1 aromatic heterocycles. The van der Waals surface area contributed by atoms with Gasteiger partial charge in [0.25, 0.3) is 5.91 Å². The molecule has 0 bridgehead atoms. The van der Waals surface area contributed by atoms with E-state index in [1.807, 2.05) is 46.5 Å². The molecule has 0 spiro atoms. The smallest absolute Gasteiger partial charge is 0.279 e. The summed E-state index contributed by atoms with van der Waals surface area (Å²) in [6.07, 6.45) is 2.98. The molecule has 0 saturated carbocycles. The quantitative estimate of drug-likeness (QED) is 0.707. The van der Waals surface area contributed by atoms with Gasteiger partial charge in [0.2, 0.25) is 0 Å². The van der Waals surface area contributed by atoms with Crippen molar-refractivity contribution in [3.8, 4) is 0 Å². The van der Waals surface area contributed by atoms with Crippen molar-refractivity contribution in [3.63, 3.8) is 0 Å². The topological polar surface area (TPSA) is 68.5 Å². The van der Waals surface area contributed by atoms with Crippen LogP contribution in [0.2, 0.25) is 0 Å². The summed E-state index contributed by atoms with van der Waals surface area (Å²) < 4.78 is 25.2. The van der Waals surface area contributed by atoms with Crippen LogP contribution in [0.15, 0.2) is 76.1 Å². The highest BCUT2D eigenvalue weighted by Gasteiger charge is 2.11. The Bertz CT molecular complexity index is 1060. The third-order valence-electron chi connectivity index (χ3n) is 3.56. The fraction of sp³-hybridized carbons (Fsp3) is 0.111. The standard InChI is InChI=1S/C18H16N2O3S2/c1-25(22,23)16-9-5-8-15(12-16)17(21)19-18-20(10-11-24-18)13-14-6-3-2-4-7-14/h2-12H,13H2,1H3.